The number of aryl methyl sites for hydroxylation is 5. The van der Waals surface area contributed by atoms with Gasteiger partial charge in [-0.15, -0.1) is 55.5 Å². The second-order valence-electron chi connectivity index (χ2n) is 35.1. The predicted octanol–water partition coefficient (Wildman–Crippen LogP) is 15.7. The molecule has 0 bridgehead atoms. The summed E-state index contributed by atoms with van der Waals surface area (Å²) in [5.74, 6) is 6.35. The predicted molar refractivity (Wildman–Crippen MR) is 512 cm³/mol. The third kappa shape index (κ3) is 22.8. The molecule has 0 aliphatic rings. The maximum atomic E-state index is 6.63. The summed E-state index contributed by atoms with van der Waals surface area (Å²) in [6.45, 7) is 20.8. The zero-order valence-electron chi connectivity index (χ0n) is 77.2. The maximum Gasteiger partial charge on any atom is 0.456 e. The van der Waals surface area contributed by atoms with Crippen LogP contribution >= 0.6 is 0 Å². The lowest BCUT2D eigenvalue weighted by molar-refractivity contribution is -0.580. The number of aromatic nitrogens is 22. The Morgan fingerprint density at radius 3 is 1.43 bits per heavy atom. The van der Waals surface area contributed by atoms with E-state index in [0.717, 1.165) is 114 Å². The molecule has 11 aromatic heterocycles. The Morgan fingerprint density at radius 2 is 0.896 bits per heavy atom. The van der Waals surface area contributed by atoms with E-state index in [4.69, 9.17) is 60.8 Å². The van der Waals surface area contributed by atoms with Crippen molar-refractivity contribution in [1.29, 1.82) is 0 Å². The van der Waals surface area contributed by atoms with E-state index in [2.05, 4.69) is 106 Å². The summed E-state index contributed by atoms with van der Waals surface area (Å²) in [6.07, 6.45) is 12.1. The SMILES string of the molecule is CCc1nc2ccccc2n1CCc1nnc([C@](C)(N)Cc2ccccc2)o1.C[C@@](N)(Cc1ccccc1)c1nnc(Cc2cnc3nc[nH][n+]3c2)o1.C[C@@](N)(Cc1ccccc1)c1nnc(Cn2ncc3ccccc32)o1.Cc1c(-c2nnc([C@](C)(N)Cc3ccccc3)o2)c(-c2ccccc2)nn1-c1ccccc1.Cc1cc(C)n(C(C)c2nnc([C@](C)(N)Cc3ccccc3)o2)n1. The van der Waals surface area contributed by atoms with E-state index in [1.165, 1.54) is 0 Å². The molecule has 1 unspecified atom stereocenters. The van der Waals surface area contributed by atoms with E-state index in [1.54, 1.807) is 17.0 Å². The molecular formula is C103H110N27O5+. The maximum absolute atomic E-state index is 6.63. The summed E-state index contributed by atoms with van der Waals surface area (Å²) in [4.78, 5) is 13.0. The number of nitrogens with zero attached hydrogens (tertiary/aromatic N) is 21. The van der Waals surface area contributed by atoms with E-state index in [9.17, 15) is 0 Å². The third-order valence-corrected chi connectivity index (χ3v) is 23.0. The number of aromatic amines is 1. The summed E-state index contributed by atoms with van der Waals surface area (Å²) >= 11 is 0. The van der Waals surface area contributed by atoms with Crippen molar-refractivity contribution >= 4 is 27.7 Å². The van der Waals surface area contributed by atoms with Crippen molar-refractivity contribution in [3.63, 3.8) is 0 Å². The fraction of sp³-hybridized carbons (Fsp3) is 0.252. The highest BCUT2D eigenvalue weighted by atomic mass is 16.4. The number of nitrogens with one attached hydrogen (secondary N) is 1. The number of para-hydroxylation sites is 4. The van der Waals surface area contributed by atoms with Gasteiger partial charge in [-0.2, -0.15) is 15.3 Å². The molecule has 0 spiro atoms. The molecule has 0 amide bonds. The number of H-pyrrole nitrogens is 1. The quantitative estimate of drug-likeness (QED) is 0.0248. The van der Waals surface area contributed by atoms with Gasteiger partial charge in [-0.25, -0.2) is 14.8 Å². The highest BCUT2D eigenvalue weighted by molar-refractivity contribution is 5.80. The first kappa shape index (κ1) is 92.7. The molecule has 0 aliphatic carbocycles. The van der Waals surface area contributed by atoms with Gasteiger partial charge in [0.1, 0.15) is 30.3 Å². The van der Waals surface area contributed by atoms with Crippen LogP contribution in [0.2, 0.25) is 0 Å². The summed E-state index contributed by atoms with van der Waals surface area (Å²) < 4.78 is 39.3. The average molecular weight is 1810 g/mol. The Balaban J connectivity index is 0.000000123. The fourth-order valence-corrected chi connectivity index (χ4v) is 16.1. The minimum Gasteiger partial charge on any atom is -0.423 e. The first-order valence-electron chi connectivity index (χ1n) is 44.8. The average Bonchev–Trinajstić information content (AvgIpc) is 1.62. The van der Waals surface area contributed by atoms with Gasteiger partial charge < -0.3 is 55.3 Å². The molecule has 135 heavy (non-hydrogen) atoms. The molecule has 32 nitrogen and oxygen atoms in total. The zero-order valence-corrected chi connectivity index (χ0v) is 77.2. The smallest absolute Gasteiger partial charge is 0.423 e. The van der Waals surface area contributed by atoms with Gasteiger partial charge in [-0.1, -0.05) is 247 Å². The van der Waals surface area contributed by atoms with Crippen molar-refractivity contribution in [3.05, 3.63) is 401 Å². The first-order chi connectivity index (χ1) is 65.2. The number of nitrogens with two attached hydrogens (primary N) is 5. The van der Waals surface area contributed by atoms with Gasteiger partial charge in [0.05, 0.1) is 85.7 Å². The van der Waals surface area contributed by atoms with Crippen molar-refractivity contribution in [2.45, 2.75) is 167 Å². The van der Waals surface area contributed by atoms with Crippen molar-refractivity contribution in [3.8, 4) is 28.4 Å². The molecule has 20 rings (SSSR count). The zero-order chi connectivity index (χ0) is 94.3. The van der Waals surface area contributed by atoms with Crippen LogP contribution in [-0.4, -0.2) is 105 Å². The largest absolute Gasteiger partial charge is 0.456 e. The summed E-state index contributed by atoms with van der Waals surface area (Å²) in [7, 11) is 0. The van der Waals surface area contributed by atoms with Crippen LogP contribution in [0, 0.1) is 20.8 Å². The Hall–Kier alpha value is -15.6. The first-order valence-corrected chi connectivity index (χ1v) is 44.8. The standard InChI is InChI=1S/C27H25N5O.C22H25N5O.C19H19N5O.C18H23N5O.C17H17N7O/c1-19-23(25-29-30-26(33-25)27(2,28)18-20-12-6-3-7-13-20)24(21-14-8-4-9-15-21)31-32(19)22-16-10-5-11-17-22;1-3-19-24-17-11-7-8-12-18(17)27(19)14-13-20-25-26-21(28-20)22(2,23)15-16-9-5-4-6-10-16;1-19(20,11-14-7-3-2-4-8-14)18-23-22-17(25-18)13-24-16-10-6-5-9-15(16)12-21-24;1-12-10-13(2)23(22-12)14(3)16-20-21-17(24-16)18(4,19)11-15-8-6-5-7-9-15;1-17(18,8-12-5-3-2-4-6-12)15-23-22-14(25-15)7-13-9-19-16-20-11-21-24(16)10-13/h3-17H,18,28H2,1-2H3;4-12H,3,13-15,23H2,1-2H3;2-10,12H,11,13,20H2,1H3;5-10,14H,11,19H2,1-4H3;2-6,9-11H,7-8,18H2,1H3/p+1/t27-;22-;19-;14?,18-;17-/m11111/s1. The molecule has 686 valence electrons. The lowest BCUT2D eigenvalue weighted by Gasteiger charge is -2.20. The molecule has 9 aromatic carbocycles. The van der Waals surface area contributed by atoms with Crippen molar-refractivity contribution < 1.29 is 26.6 Å². The molecule has 0 aliphatic heterocycles. The van der Waals surface area contributed by atoms with Gasteiger partial charge in [0.2, 0.25) is 53.0 Å². The van der Waals surface area contributed by atoms with Crippen LogP contribution in [0.15, 0.2) is 314 Å². The molecule has 6 atom stereocenters. The van der Waals surface area contributed by atoms with Crippen molar-refractivity contribution in [1.82, 2.24) is 105 Å². The van der Waals surface area contributed by atoms with Gasteiger partial charge in [0, 0.05) is 41.6 Å². The minimum absolute atomic E-state index is 0.132. The Morgan fingerprint density at radius 1 is 0.444 bits per heavy atom. The molecule has 20 aromatic rings. The number of hydrogen-bond acceptors (Lipinski definition) is 26. The second-order valence-corrected chi connectivity index (χ2v) is 35.1. The molecule has 0 radical (unpaired) electrons. The van der Waals surface area contributed by atoms with Crippen LogP contribution in [0.4, 0.5) is 0 Å². The molecule has 0 fully saturated rings. The van der Waals surface area contributed by atoms with E-state index in [1.807, 2.05) is 337 Å². The molecule has 11 heterocycles. The number of benzene rings is 9. The second kappa shape index (κ2) is 41.0. The molecule has 32 heteroatoms. The normalized spacial score (nSPS) is 13.9. The minimum atomic E-state index is -0.803. The summed E-state index contributed by atoms with van der Waals surface area (Å²) in [6, 6.07) is 88.4. The highest BCUT2D eigenvalue weighted by Gasteiger charge is 2.36. The number of fused-ring (bicyclic) bond motifs is 3. The molecule has 0 saturated carbocycles. The Kier molecular flexibility index (Phi) is 28.2. The van der Waals surface area contributed by atoms with Gasteiger partial charge in [0.15, 0.2) is 6.33 Å². The van der Waals surface area contributed by atoms with E-state index < -0.39 is 27.7 Å². The van der Waals surface area contributed by atoms with Gasteiger partial charge >= 0.3 is 5.78 Å². The van der Waals surface area contributed by atoms with Crippen molar-refractivity contribution in [2.24, 2.45) is 28.7 Å². The molecular weight excluding hydrogens is 1700 g/mol. The Bertz CT molecular complexity index is 7190. The Labute approximate surface area is 780 Å². The molecule has 11 N–H and O–H groups in total. The number of imidazole rings is 1. The monoisotopic (exact) mass is 1800 g/mol. The highest BCUT2D eigenvalue weighted by Crippen LogP contribution is 2.38. The lowest BCUT2D eigenvalue weighted by atomic mass is 9.94. The van der Waals surface area contributed by atoms with Gasteiger partial charge in [0.25, 0.3) is 5.89 Å². The van der Waals surface area contributed by atoms with E-state index in [-0.39, 0.29) is 6.04 Å². The number of rotatable bonds is 28. The van der Waals surface area contributed by atoms with E-state index >= 15 is 0 Å². The van der Waals surface area contributed by atoms with Crippen LogP contribution in [0.3, 0.4) is 0 Å². The van der Waals surface area contributed by atoms with Crippen LogP contribution in [-0.2, 0) is 92.2 Å². The topological polar surface area (TPSA) is 442 Å². The molecule has 0 saturated heterocycles. The van der Waals surface area contributed by atoms with E-state index in [0.29, 0.717) is 116 Å². The van der Waals surface area contributed by atoms with Crippen LogP contribution in [0.1, 0.15) is 164 Å². The van der Waals surface area contributed by atoms with Gasteiger partial charge in [-0.05, 0) is 159 Å². The third-order valence-electron chi connectivity index (χ3n) is 23.0. The lowest BCUT2D eigenvalue weighted by Crippen LogP contribution is -2.36. The van der Waals surface area contributed by atoms with Crippen LogP contribution < -0.4 is 33.2 Å². The van der Waals surface area contributed by atoms with Gasteiger partial charge in [-0.3, -0.25) is 9.36 Å². The van der Waals surface area contributed by atoms with Crippen molar-refractivity contribution in [2.75, 3.05) is 0 Å². The van der Waals surface area contributed by atoms with Crippen LogP contribution in [0.25, 0.3) is 56.1 Å². The van der Waals surface area contributed by atoms with Crippen LogP contribution in [0.5, 0.6) is 0 Å². The fourth-order valence-electron chi connectivity index (χ4n) is 16.1. The summed E-state index contributed by atoms with van der Waals surface area (Å²) in [5, 5.41) is 60.0. The number of hydrogen-bond donors (Lipinski definition) is 6. The summed E-state index contributed by atoms with van der Waals surface area (Å²) in [5.41, 5.74) is 44.9.